The first kappa shape index (κ1) is 31.0. The van der Waals surface area contributed by atoms with Gasteiger partial charge in [0.1, 0.15) is 18.1 Å². The Balaban J connectivity index is 3.05. The van der Waals surface area contributed by atoms with Crippen molar-refractivity contribution in [2.45, 2.75) is 69.1 Å². The van der Waals surface area contributed by atoms with Crippen molar-refractivity contribution in [2.75, 3.05) is 6.54 Å². The van der Waals surface area contributed by atoms with Crippen molar-refractivity contribution in [3.8, 4) is 0 Å². The molecule has 0 aromatic carbocycles. The summed E-state index contributed by atoms with van der Waals surface area (Å²) in [4.78, 5) is 78.7. The number of aliphatic carboxylic acids is 2. The lowest BCUT2D eigenvalue weighted by atomic mass is 10.0. The second kappa shape index (κ2) is 15.8. The molecular formula is C21H34N8O8. The highest BCUT2D eigenvalue weighted by Crippen LogP contribution is 2.06. The molecule has 4 unspecified atom stereocenters. The number of carbonyl (C=O) groups excluding carboxylic acids is 4. The van der Waals surface area contributed by atoms with Crippen LogP contribution in [0.2, 0.25) is 0 Å². The smallest absolute Gasteiger partial charge is 0.326 e. The molecule has 4 atom stereocenters. The van der Waals surface area contributed by atoms with Crippen LogP contribution < -0.4 is 33.2 Å². The Labute approximate surface area is 212 Å². The van der Waals surface area contributed by atoms with Gasteiger partial charge in [-0.3, -0.25) is 24.0 Å². The van der Waals surface area contributed by atoms with Crippen LogP contribution in [0.3, 0.4) is 0 Å². The third kappa shape index (κ3) is 12.0. The van der Waals surface area contributed by atoms with Gasteiger partial charge in [0.05, 0.1) is 18.8 Å². The number of nitrogens with one attached hydrogen (secondary N) is 4. The van der Waals surface area contributed by atoms with E-state index < -0.39 is 66.2 Å². The quantitative estimate of drug-likeness (QED) is 0.0853. The van der Waals surface area contributed by atoms with Crippen molar-refractivity contribution in [3.63, 3.8) is 0 Å². The predicted molar refractivity (Wildman–Crippen MR) is 127 cm³/mol. The highest BCUT2D eigenvalue weighted by atomic mass is 16.4. The van der Waals surface area contributed by atoms with Crippen molar-refractivity contribution in [3.05, 3.63) is 18.2 Å². The van der Waals surface area contributed by atoms with Gasteiger partial charge in [-0.1, -0.05) is 0 Å². The minimum absolute atomic E-state index is 0.0920. The largest absolute Gasteiger partial charge is 0.481 e. The Morgan fingerprint density at radius 2 is 1.54 bits per heavy atom. The topological polar surface area (TPSA) is 286 Å². The number of hydrogen-bond acceptors (Lipinski definition) is 9. The van der Waals surface area contributed by atoms with E-state index in [9.17, 15) is 33.9 Å². The summed E-state index contributed by atoms with van der Waals surface area (Å²) < 4.78 is 0. The molecule has 1 rings (SSSR count). The fraction of sp³-hybridized carbons (Fsp3) is 0.571. The van der Waals surface area contributed by atoms with Gasteiger partial charge < -0.3 is 48.3 Å². The monoisotopic (exact) mass is 526 g/mol. The minimum Gasteiger partial charge on any atom is -0.481 e. The third-order valence-electron chi connectivity index (χ3n) is 5.22. The predicted octanol–water partition coefficient (Wildman–Crippen LogP) is -3.31. The van der Waals surface area contributed by atoms with Crippen molar-refractivity contribution in [2.24, 2.45) is 17.2 Å². The second-order valence-electron chi connectivity index (χ2n) is 8.30. The second-order valence-corrected chi connectivity index (χ2v) is 8.30. The molecule has 16 nitrogen and oxygen atoms in total. The molecule has 12 N–H and O–H groups in total. The summed E-state index contributed by atoms with van der Waals surface area (Å²) in [6, 6.07) is -5.41. The average molecular weight is 527 g/mol. The van der Waals surface area contributed by atoms with E-state index in [1.807, 2.05) is 0 Å². The number of aromatic amines is 1. The van der Waals surface area contributed by atoms with Gasteiger partial charge >= 0.3 is 11.9 Å². The van der Waals surface area contributed by atoms with E-state index in [1.54, 1.807) is 0 Å². The van der Waals surface area contributed by atoms with Crippen molar-refractivity contribution in [1.29, 1.82) is 0 Å². The van der Waals surface area contributed by atoms with Crippen LogP contribution in [0.5, 0.6) is 0 Å². The van der Waals surface area contributed by atoms with Crippen LogP contribution in [-0.4, -0.2) is 86.5 Å². The number of nitrogens with two attached hydrogens (primary N) is 3. The van der Waals surface area contributed by atoms with Crippen molar-refractivity contribution in [1.82, 2.24) is 25.9 Å². The highest BCUT2D eigenvalue weighted by Gasteiger charge is 2.31. The van der Waals surface area contributed by atoms with Crippen LogP contribution in [0.1, 0.15) is 44.2 Å². The van der Waals surface area contributed by atoms with E-state index in [1.165, 1.54) is 12.5 Å². The number of unbranched alkanes of at least 4 members (excludes halogenated alkanes) is 1. The number of primary amides is 1. The number of amides is 4. The lowest BCUT2D eigenvalue weighted by Crippen LogP contribution is -2.57. The van der Waals surface area contributed by atoms with Gasteiger partial charge in [0, 0.05) is 24.7 Å². The number of carboxylic acid groups (broad SMARTS) is 2. The summed E-state index contributed by atoms with van der Waals surface area (Å²) in [5.74, 6) is -6.03. The molecule has 0 saturated heterocycles. The summed E-state index contributed by atoms with van der Waals surface area (Å²) in [5, 5.41) is 25.4. The molecule has 1 heterocycles. The number of carbonyl (C=O) groups is 6. The van der Waals surface area contributed by atoms with Gasteiger partial charge in [0.25, 0.3) is 0 Å². The molecule has 0 aliphatic heterocycles. The summed E-state index contributed by atoms with van der Waals surface area (Å²) >= 11 is 0. The van der Waals surface area contributed by atoms with Crippen LogP contribution in [0.15, 0.2) is 12.5 Å². The average Bonchev–Trinajstić information content (AvgIpc) is 3.32. The van der Waals surface area contributed by atoms with Gasteiger partial charge in [-0.15, -0.1) is 0 Å². The molecule has 206 valence electrons. The van der Waals surface area contributed by atoms with Crippen molar-refractivity contribution < 1.29 is 39.0 Å². The molecule has 4 amide bonds. The Morgan fingerprint density at radius 3 is 2.08 bits per heavy atom. The number of aromatic nitrogens is 2. The first-order valence-corrected chi connectivity index (χ1v) is 11.5. The molecule has 0 bridgehead atoms. The maximum absolute atomic E-state index is 13.1. The molecule has 0 saturated carbocycles. The Bertz CT molecular complexity index is 939. The van der Waals surface area contributed by atoms with Crippen LogP contribution in [-0.2, 0) is 35.2 Å². The van der Waals surface area contributed by atoms with E-state index in [4.69, 9.17) is 22.3 Å². The number of rotatable bonds is 18. The summed E-state index contributed by atoms with van der Waals surface area (Å²) in [6.07, 6.45) is 2.43. The van der Waals surface area contributed by atoms with Crippen LogP contribution in [0, 0.1) is 0 Å². The summed E-state index contributed by atoms with van der Waals surface area (Å²) in [7, 11) is 0. The lowest BCUT2D eigenvalue weighted by molar-refractivity contribution is -0.142. The maximum atomic E-state index is 13.1. The zero-order chi connectivity index (χ0) is 28.0. The molecular weight excluding hydrogens is 492 g/mol. The molecule has 0 aliphatic carbocycles. The first-order chi connectivity index (χ1) is 17.4. The molecule has 1 aromatic heterocycles. The van der Waals surface area contributed by atoms with Crippen molar-refractivity contribution >= 4 is 35.6 Å². The molecule has 0 spiro atoms. The normalized spacial score (nSPS) is 14.0. The van der Waals surface area contributed by atoms with Gasteiger partial charge in [-0.25, -0.2) is 9.78 Å². The zero-order valence-electron chi connectivity index (χ0n) is 20.1. The number of hydrogen-bond donors (Lipinski definition) is 9. The first-order valence-electron chi connectivity index (χ1n) is 11.5. The summed E-state index contributed by atoms with van der Waals surface area (Å²) in [6.45, 7) is 0.344. The highest BCUT2D eigenvalue weighted by molar-refractivity contribution is 5.95. The molecule has 0 radical (unpaired) electrons. The maximum Gasteiger partial charge on any atom is 0.326 e. The van der Waals surface area contributed by atoms with E-state index in [0.29, 0.717) is 25.1 Å². The standard InChI is InChI=1S/C21H34N8O8/c22-6-2-1-3-14(21(36)37)28-19(34)13(4-5-16(24)30)27-20(35)15(7-11-9-25-10-26-11)29-18(33)12(23)8-17(31)32/h9-10,12-15H,1-8,22-23H2,(H2,24,30)(H,25,26)(H,27,35)(H,28,34)(H,29,33)(H,31,32)(H,36,37). The van der Waals surface area contributed by atoms with Gasteiger partial charge in [0.2, 0.25) is 23.6 Å². The number of nitrogens with zero attached hydrogens (tertiary/aromatic N) is 1. The fourth-order valence-electron chi connectivity index (χ4n) is 3.24. The molecule has 16 heteroatoms. The van der Waals surface area contributed by atoms with E-state index in [2.05, 4.69) is 25.9 Å². The Kier molecular flexibility index (Phi) is 13.3. The number of H-pyrrole nitrogens is 1. The minimum atomic E-state index is -1.45. The number of imidazole rings is 1. The van der Waals surface area contributed by atoms with E-state index >= 15 is 0 Å². The van der Waals surface area contributed by atoms with Crippen LogP contribution in [0.4, 0.5) is 0 Å². The van der Waals surface area contributed by atoms with E-state index in [-0.39, 0.29) is 25.7 Å². The lowest BCUT2D eigenvalue weighted by Gasteiger charge is -2.25. The number of carboxylic acids is 2. The SMILES string of the molecule is NCCCCC(NC(=O)C(CCC(N)=O)NC(=O)C(Cc1cnc[nH]1)NC(=O)C(N)CC(=O)O)C(=O)O. The van der Waals surface area contributed by atoms with Gasteiger partial charge in [-0.05, 0) is 32.2 Å². The molecule has 37 heavy (non-hydrogen) atoms. The van der Waals surface area contributed by atoms with Gasteiger partial charge in [0.15, 0.2) is 0 Å². The Hall–Kier alpha value is -4.05. The third-order valence-corrected chi connectivity index (χ3v) is 5.22. The molecule has 0 fully saturated rings. The van der Waals surface area contributed by atoms with Crippen LogP contribution >= 0.6 is 0 Å². The van der Waals surface area contributed by atoms with Crippen LogP contribution in [0.25, 0.3) is 0 Å². The Morgan fingerprint density at radius 1 is 0.919 bits per heavy atom. The van der Waals surface area contributed by atoms with Gasteiger partial charge in [-0.2, -0.15) is 0 Å². The molecule has 0 aliphatic rings. The molecule has 1 aromatic rings. The van der Waals surface area contributed by atoms with E-state index in [0.717, 1.165) is 0 Å². The summed E-state index contributed by atoms with van der Waals surface area (Å²) in [5.41, 5.74) is 16.6. The fourth-order valence-corrected chi connectivity index (χ4v) is 3.24. The zero-order valence-corrected chi connectivity index (χ0v) is 20.1.